The van der Waals surface area contributed by atoms with Gasteiger partial charge in [-0.2, -0.15) is 12.6 Å². The smallest absolute Gasteiger partial charge is 0.0500 e. The highest BCUT2D eigenvalue weighted by Gasteiger charge is 2.12. The molecule has 1 rings (SSSR count). The Kier molecular flexibility index (Phi) is 3.69. The van der Waals surface area contributed by atoms with Crippen LogP contribution in [0.2, 0.25) is 0 Å². The quantitative estimate of drug-likeness (QED) is 0.685. The molecule has 1 atom stereocenters. The zero-order valence-electron chi connectivity index (χ0n) is 7.62. The van der Waals surface area contributed by atoms with Crippen molar-refractivity contribution in [3.8, 4) is 0 Å². The van der Waals surface area contributed by atoms with Crippen LogP contribution >= 0.6 is 12.6 Å². The molecule has 68 valence electrons. The van der Waals surface area contributed by atoms with Crippen molar-refractivity contribution in [2.45, 2.75) is 12.5 Å². The molecule has 0 amide bonds. The summed E-state index contributed by atoms with van der Waals surface area (Å²) in [6, 6.07) is 4.62. The van der Waals surface area contributed by atoms with Gasteiger partial charge < -0.3 is 9.88 Å². The van der Waals surface area contributed by atoms with Gasteiger partial charge in [0.25, 0.3) is 0 Å². The van der Waals surface area contributed by atoms with Gasteiger partial charge in [-0.3, -0.25) is 0 Å². The number of hydrogen-bond acceptors (Lipinski definition) is 2. The molecule has 0 bridgehead atoms. The molecule has 0 spiro atoms. The lowest BCUT2D eigenvalue weighted by Crippen LogP contribution is -2.20. The van der Waals surface area contributed by atoms with Gasteiger partial charge in [0.1, 0.15) is 0 Å². The predicted molar refractivity (Wildman–Crippen MR) is 55.7 cm³/mol. The number of hydrogen-bond donors (Lipinski definition) is 2. The van der Waals surface area contributed by atoms with Gasteiger partial charge in [0.2, 0.25) is 0 Å². The molecular weight excluding hydrogens is 168 g/mol. The normalized spacial score (nSPS) is 13.7. The fourth-order valence-corrected chi connectivity index (χ4v) is 1.61. The minimum atomic E-state index is 0.470. The summed E-state index contributed by atoms with van der Waals surface area (Å²) in [6.45, 7) is 0. The molecule has 0 radical (unpaired) electrons. The van der Waals surface area contributed by atoms with Crippen molar-refractivity contribution in [1.29, 1.82) is 0 Å². The van der Waals surface area contributed by atoms with Crippen LogP contribution in [0.25, 0.3) is 0 Å². The van der Waals surface area contributed by atoms with Gasteiger partial charge in [-0.15, -0.1) is 0 Å². The van der Waals surface area contributed by atoms with Gasteiger partial charge in [0.05, 0.1) is 6.04 Å². The van der Waals surface area contributed by atoms with Crippen molar-refractivity contribution in [1.82, 2.24) is 9.88 Å². The SMILES string of the molecule is CN(C)C(CCS)c1ccc[nH]1. The molecule has 0 aliphatic heterocycles. The van der Waals surface area contributed by atoms with E-state index in [4.69, 9.17) is 0 Å². The van der Waals surface area contributed by atoms with Crippen LogP contribution in [-0.4, -0.2) is 29.7 Å². The minimum Gasteiger partial charge on any atom is -0.364 e. The largest absolute Gasteiger partial charge is 0.364 e. The Hall–Kier alpha value is -0.410. The minimum absolute atomic E-state index is 0.470. The van der Waals surface area contributed by atoms with Gasteiger partial charge in [0, 0.05) is 11.9 Å². The molecule has 3 heteroatoms. The Bertz CT molecular complexity index is 206. The van der Waals surface area contributed by atoms with E-state index in [0.717, 1.165) is 12.2 Å². The van der Waals surface area contributed by atoms with Gasteiger partial charge in [0.15, 0.2) is 0 Å². The van der Waals surface area contributed by atoms with Crippen LogP contribution in [0.5, 0.6) is 0 Å². The van der Waals surface area contributed by atoms with E-state index in [1.807, 2.05) is 12.3 Å². The first-order valence-corrected chi connectivity index (χ1v) is 4.79. The van der Waals surface area contributed by atoms with Crippen LogP contribution in [0.1, 0.15) is 18.2 Å². The van der Waals surface area contributed by atoms with Crippen LogP contribution in [0, 0.1) is 0 Å². The van der Waals surface area contributed by atoms with Crippen molar-refractivity contribution in [3.05, 3.63) is 24.0 Å². The third-order valence-corrected chi connectivity index (χ3v) is 2.27. The first-order valence-electron chi connectivity index (χ1n) is 4.16. The lowest BCUT2D eigenvalue weighted by atomic mass is 10.1. The number of aromatic amines is 1. The number of nitrogens with zero attached hydrogens (tertiary/aromatic N) is 1. The Morgan fingerprint density at radius 1 is 1.58 bits per heavy atom. The molecule has 0 aliphatic rings. The molecule has 1 aromatic rings. The third-order valence-electron chi connectivity index (χ3n) is 2.01. The van der Waals surface area contributed by atoms with Crippen molar-refractivity contribution in [2.75, 3.05) is 19.8 Å². The van der Waals surface area contributed by atoms with E-state index >= 15 is 0 Å². The molecular formula is C9H16N2S. The summed E-state index contributed by atoms with van der Waals surface area (Å²) in [6.07, 6.45) is 3.04. The van der Waals surface area contributed by atoms with Gasteiger partial charge in [-0.25, -0.2) is 0 Å². The van der Waals surface area contributed by atoms with E-state index in [0.29, 0.717) is 6.04 Å². The summed E-state index contributed by atoms with van der Waals surface area (Å²) >= 11 is 4.25. The van der Waals surface area contributed by atoms with Crippen LogP contribution in [-0.2, 0) is 0 Å². The molecule has 2 nitrogen and oxygen atoms in total. The maximum atomic E-state index is 4.25. The Morgan fingerprint density at radius 3 is 2.75 bits per heavy atom. The van der Waals surface area contributed by atoms with Crippen molar-refractivity contribution < 1.29 is 0 Å². The summed E-state index contributed by atoms with van der Waals surface area (Å²) in [7, 11) is 4.18. The second-order valence-electron chi connectivity index (χ2n) is 3.12. The fraction of sp³-hybridized carbons (Fsp3) is 0.556. The molecule has 0 aromatic carbocycles. The summed E-state index contributed by atoms with van der Waals surface area (Å²) in [4.78, 5) is 5.44. The molecule has 1 aromatic heterocycles. The van der Waals surface area contributed by atoms with Gasteiger partial charge >= 0.3 is 0 Å². The van der Waals surface area contributed by atoms with E-state index in [1.165, 1.54) is 5.69 Å². The van der Waals surface area contributed by atoms with Crippen molar-refractivity contribution in [2.24, 2.45) is 0 Å². The molecule has 0 saturated heterocycles. The van der Waals surface area contributed by atoms with E-state index < -0.39 is 0 Å². The maximum absolute atomic E-state index is 4.25. The number of aromatic nitrogens is 1. The lowest BCUT2D eigenvalue weighted by Gasteiger charge is -2.22. The molecule has 0 saturated carbocycles. The third kappa shape index (κ3) is 2.29. The molecule has 0 fully saturated rings. The highest BCUT2D eigenvalue weighted by molar-refractivity contribution is 7.80. The van der Waals surface area contributed by atoms with E-state index in [2.05, 4.69) is 42.7 Å². The van der Waals surface area contributed by atoms with Crippen molar-refractivity contribution in [3.63, 3.8) is 0 Å². The van der Waals surface area contributed by atoms with E-state index in [1.54, 1.807) is 0 Å². The van der Waals surface area contributed by atoms with Crippen LogP contribution in [0.3, 0.4) is 0 Å². The second-order valence-corrected chi connectivity index (χ2v) is 3.56. The summed E-state index contributed by atoms with van der Waals surface area (Å²) < 4.78 is 0. The number of nitrogens with one attached hydrogen (secondary N) is 1. The maximum Gasteiger partial charge on any atom is 0.0500 e. The van der Waals surface area contributed by atoms with Crippen LogP contribution in [0.15, 0.2) is 18.3 Å². The standard InChI is InChI=1S/C9H16N2S/c1-11(2)9(5-7-12)8-4-3-6-10-8/h3-4,6,9-10,12H,5,7H2,1-2H3. The average molecular weight is 184 g/mol. The summed E-state index contributed by atoms with van der Waals surface area (Å²) in [5, 5.41) is 0. The van der Waals surface area contributed by atoms with Crippen LogP contribution < -0.4 is 0 Å². The topological polar surface area (TPSA) is 19.0 Å². The Morgan fingerprint density at radius 2 is 2.33 bits per heavy atom. The van der Waals surface area contributed by atoms with E-state index in [-0.39, 0.29) is 0 Å². The number of H-pyrrole nitrogens is 1. The second kappa shape index (κ2) is 4.58. The van der Waals surface area contributed by atoms with Gasteiger partial charge in [-0.05, 0) is 38.4 Å². The Balaban J connectivity index is 2.66. The highest BCUT2D eigenvalue weighted by Crippen LogP contribution is 2.19. The molecule has 1 heterocycles. The highest BCUT2D eigenvalue weighted by atomic mass is 32.1. The average Bonchev–Trinajstić information content (AvgIpc) is 2.51. The van der Waals surface area contributed by atoms with E-state index in [9.17, 15) is 0 Å². The van der Waals surface area contributed by atoms with Crippen LogP contribution in [0.4, 0.5) is 0 Å². The number of thiol groups is 1. The summed E-state index contributed by atoms with van der Waals surface area (Å²) in [5.41, 5.74) is 1.27. The predicted octanol–water partition coefficient (Wildman–Crippen LogP) is 1.94. The zero-order valence-corrected chi connectivity index (χ0v) is 8.51. The molecule has 0 aliphatic carbocycles. The fourth-order valence-electron chi connectivity index (χ4n) is 1.37. The van der Waals surface area contributed by atoms with Crippen molar-refractivity contribution >= 4 is 12.6 Å². The zero-order chi connectivity index (χ0) is 8.97. The first kappa shape index (κ1) is 9.68. The molecule has 1 unspecified atom stereocenters. The molecule has 1 N–H and O–H groups in total. The Labute approximate surface area is 79.4 Å². The van der Waals surface area contributed by atoms with Gasteiger partial charge in [-0.1, -0.05) is 0 Å². The summed E-state index contributed by atoms with van der Waals surface area (Å²) in [5.74, 6) is 0.919. The first-order chi connectivity index (χ1) is 5.75. The monoisotopic (exact) mass is 184 g/mol. The lowest BCUT2D eigenvalue weighted by molar-refractivity contribution is 0.289. The molecule has 12 heavy (non-hydrogen) atoms. The number of rotatable bonds is 4.